The van der Waals surface area contributed by atoms with Gasteiger partial charge in [-0.1, -0.05) is 13.0 Å². The lowest BCUT2D eigenvalue weighted by Gasteiger charge is -2.20. The van der Waals surface area contributed by atoms with Crippen molar-refractivity contribution in [2.45, 2.75) is 19.8 Å². The van der Waals surface area contributed by atoms with E-state index in [4.69, 9.17) is 5.26 Å². The fourth-order valence-electron chi connectivity index (χ4n) is 2.34. The number of nitrogens with zero attached hydrogens (tertiary/aromatic N) is 3. The molecule has 1 saturated heterocycles. The molecular formula is C14H20N4. The van der Waals surface area contributed by atoms with E-state index in [0.29, 0.717) is 11.6 Å². The summed E-state index contributed by atoms with van der Waals surface area (Å²) in [6, 6.07) is 7.54. The number of nitrogens with one attached hydrogen (secondary N) is 1. The molecule has 0 saturated carbocycles. The molecule has 4 heteroatoms. The quantitative estimate of drug-likeness (QED) is 0.861. The van der Waals surface area contributed by atoms with Gasteiger partial charge in [0.15, 0.2) is 0 Å². The van der Waals surface area contributed by atoms with Crippen molar-refractivity contribution in [3.05, 3.63) is 23.9 Å². The first-order chi connectivity index (χ1) is 8.78. The molecule has 0 aromatic carbocycles. The lowest BCUT2D eigenvalue weighted by Crippen LogP contribution is -2.29. The van der Waals surface area contributed by atoms with Crippen LogP contribution in [0.1, 0.15) is 25.5 Å². The van der Waals surface area contributed by atoms with Gasteiger partial charge in [0.1, 0.15) is 17.6 Å². The van der Waals surface area contributed by atoms with Gasteiger partial charge in [0.2, 0.25) is 0 Å². The summed E-state index contributed by atoms with van der Waals surface area (Å²) >= 11 is 0. The summed E-state index contributed by atoms with van der Waals surface area (Å²) < 4.78 is 0. The molecule has 1 fully saturated rings. The zero-order chi connectivity index (χ0) is 12.8. The average molecular weight is 244 g/mol. The molecule has 2 rings (SSSR count). The van der Waals surface area contributed by atoms with Crippen LogP contribution < -0.4 is 5.32 Å². The van der Waals surface area contributed by atoms with Crippen LogP contribution in [0.2, 0.25) is 0 Å². The highest BCUT2D eigenvalue weighted by Gasteiger charge is 2.14. The second-order valence-electron chi connectivity index (χ2n) is 5.01. The van der Waals surface area contributed by atoms with Gasteiger partial charge in [0, 0.05) is 13.1 Å². The van der Waals surface area contributed by atoms with Gasteiger partial charge in [-0.3, -0.25) is 0 Å². The zero-order valence-electron chi connectivity index (χ0n) is 10.9. The van der Waals surface area contributed by atoms with Crippen molar-refractivity contribution >= 4 is 5.82 Å². The van der Waals surface area contributed by atoms with E-state index < -0.39 is 0 Å². The van der Waals surface area contributed by atoms with E-state index in [9.17, 15) is 0 Å². The predicted molar refractivity (Wildman–Crippen MR) is 72.3 cm³/mol. The lowest BCUT2D eigenvalue weighted by molar-refractivity contribution is 0.294. The molecule has 1 atom stereocenters. The van der Waals surface area contributed by atoms with Crippen molar-refractivity contribution in [3.63, 3.8) is 0 Å². The van der Waals surface area contributed by atoms with Crippen LogP contribution in [0.25, 0.3) is 0 Å². The number of rotatable bonds is 5. The largest absolute Gasteiger partial charge is 0.370 e. The second kappa shape index (κ2) is 6.36. The second-order valence-corrected chi connectivity index (χ2v) is 5.01. The number of likely N-dealkylation sites (tertiary alicyclic amines) is 1. The minimum atomic E-state index is 0.465. The van der Waals surface area contributed by atoms with E-state index in [2.05, 4.69) is 28.2 Å². The van der Waals surface area contributed by atoms with Crippen LogP contribution in [0.4, 0.5) is 5.82 Å². The molecule has 0 aliphatic carbocycles. The molecule has 96 valence electrons. The first-order valence-electron chi connectivity index (χ1n) is 6.61. The Kier molecular flexibility index (Phi) is 4.54. The smallest absolute Gasteiger partial charge is 0.142 e. The van der Waals surface area contributed by atoms with Crippen molar-refractivity contribution < 1.29 is 0 Å². The van der Waals surface area contributed by atoms with Gasteiger partial charge in [-0.25, -0.2) is 4.98 Å². The maximum atomic E-state index is 8.78. The summed E-state index contributed by atoms with van der Waals surface area (Å²) in [6.07, 6.45) is 2.68. The minimum Gasteiger partial charge on any atom is -0.370 e. The predicted octanol–water partition coefficient (Wildman–Crippen LogP) is 2.10. The van der Waals surface area contributed by atoms with E-state index in [1.54, 1.807) is 6.07 Å². The highest BCUT2D eigenvalue weighted by Crippen LogP contribution is 2.11. The summed E-state index contributed by atoms with van der Waals surface area (Å²) in [5, 5.41) is 12.1. The van der Waals surface area contributed by atoms with E-state index in [-0.39, 0.29) is 0 Å². The number of hydrogen-bond donors (Lipinski definition) is 1. The number of aromatic nitrogens is 1. The number of anilines is 1. The van der Waals surface area contributed by atoms with Gasteiger partial charge in [0.05, 0.1) is 0 Å². The van der Waals surface area contributed by atoms with Crippen LogP contribution in [0.5, 0.6) is 0 Å². The van der Waals surface area contributed by atoms with Crippen LogP contribution in [-0.4, -0.2) is 36.1 Å². The van der Waals surface area contributed by atoms with E-state index in [1.807, 2.05) is 12.1 Å². The average Bonchev–Trinajstić information content (AvgIpc) is 2.89. The number of hydrogen-bond acceptors (Lipinski definition) is 4. The fourth-order valence-corrected chi connectivity index (χ4v) is 2.34. The number of nitriles is 1. The summed E-state index contributed by atoms with van der Waals surface area (Å²) in [5.41, 5.74) is 0.465. The molecule has 18 heavy (non-hydrogen) atoms. The van der Waals surface area contributed by atoms with Gasteiger partial charge < -0.3 is 10.2 Å². The molecule has 0 radical (unpaired) electrons. The Hall–Kier alpha value is -1.60. The molecule has 0 bridgehead atoms. The summed E-state index contributed by atoms with van der Waals surface area (Å²) in [7, 11) is 0. The molecule has 1 aromatic heterocycles. The van der Waals surface area contributed by atoms with Crippen LogP contribution in [0, 0.1) is 17.2 Å². The SMILES string of the molecule is CC(CNc1cccc(C#N)n1)CN1CCCC1. The van der Waals surface area contributed by atoms with Gasteiger partial charge in [-0.05, 0) is 44.0 Å². The molecule has 1 aromatic rings. The Morgan fingerprint density at radius 1 is 1.44 bits per heavy atom. The Labute approximate surface area is 109 Å². The van der Waals surface area contributed by atoms with E-state index >= 15 is 0 Å². The molecule has 1 aliphatic heterocycles. The summed E-state index contributed by atoms with van der Waals surface area (Å²) in [5.74, 6) is 1.39. The van der Waals surface area contributed by atoms with E-state index in [1.165, 1.54) is 25.9 Å². The van der Waals surface area contributed by atoms with Gasteiger partial charge in [0.25, 0.3) is 0 Å². The zero-order valence-corrected chi connectivity index (χ0v) is 10.9. The monoisotopic (exact) mass is 244 g/mol. The molecular weight excluding hydrogens is 224 g/mol. The molecule has 2 heterocycles. The Morgan fingerprint density at radius 3 is 2.94 bits per heavy atom. The Balaban J connectivity index is 1.77. The normalized spacial score (nSPS) is 17.3. The van der Waals surface area contributed by atoms with Crippen LogP contribution in [-0.2, 0) is 0 Å². The molecule has 0 amide bonds. The first-order valence-corrected chi connectivity index (χ1v) is 6.61. The molecule has 4 nitrogen and oxygen atoms in total. The van der Waals surface area contributed by atoms with Gasteiger partial charge >= 0.3 is 0 Å². The van der Waals surface area contributed by atoms with Gasteiger partial charge in [-0.15, -0.1) is 0 Å². The van der Waals surface area contributed by atoms with Crippen molar-refractivity contribution in [1.29, 1.82) is 5.26 Å². The minimum absolute atomic E-state index is 0.465. The maximum Gasteiger partial charge on any atom is 0.142 e. The Morgan fingerprint density at radius 2 is 2.22 bits per heavy atom. The maximum absolute atomic E-state index is 8.78. The molecule has 1 aliphatic rings. The topological polar surface area (TPSA) is 52.0 Å². The van der Waals surface area contributed by atoms with Gasteiger partial charge in [-0.2, -0.15) is 5.26 Å². The molecule has 0 spiro atoms. The third-order valence-corrected chi connectivity index (χ3v) is 3.26. The third-order valence-electron chi connectivity index (χ3n) is 3.26. The van der Waals surface area contributed by atoms with Crippen molar-refractivity contribution in [2.75, 3.05) is 31.5 Å². The van der Waals surface area contributed by atoms with Crippen molar-refractivity contribution in [3.8, 4) is 6.07 Å². The first kappa shape index (κ1) is 12.8. The fraction of sp³-hybridized carbons (Fsp3) is 0.571. The highest BCUT2D eigenvalue weighted by atomic mass is 15.1. The van der Waals surface area contributed by atoms with Crippen LogP contribution in [0.15, 0.2) is 18.2 Å². The van der Waals surface area contributed by atoms with Crippen LogP contribution >= 0.6 is 0 Å². The lowest BCUT2D eigenvalue weighted by atomic mass is 10.1. The van der Waals surface area contributed by atoms with Crippen LogP contribution in [0.3, 0.4) is 0 Å². The third kappa shape index (κ3) is 3.71. The Bertz CT molecular complexity index is 418. The van der Waals surface area contributed by atoms with Crippen molar-refractivity contribution in [1.82, 2.24) is 9.88 Å². The highest BCUT2D eigenvalue weighted by molar-refractivity contribution is 5.38. The molecule has 1 unspecified atom stereocenters. The number of pyridine rings is 1. The van der Waals surface area contributed by atoms with Crippen molar-refractivity contribution in [2.24, 2.45) is 5.92 Å². The standard InChI is InChI=1S/C14H20N4/c1-12(11-18-7-2-3-8-18)10-16-14-6-4-5-13(9-15)17-14/h4-6,12H,2-3,7-8,10-11H2,1H3,(H,16,17). The van der Waals surface area contributed by atoms with E-state index in [0.717, 1.165) is 18.9 Å². The molecule has 1 N–H and O–H groups in total. The summed E-state index contributed by atoms with van der Waals surface area (Å²) in [4.78, 5) is 6.73. The summed E-state index contributed by atoms with van der Waals surface area (Å²) in [6.45, 7) is 6.78.